The van der Waals surface area contributed by atoms with E-state index in [0.717, 1.165) is 40.4 Å². The number of carbonyl (C=O) groups is 1. The zero-order valence-corrected chi connectivity index (χ0v) is 18.0. The molecule has 9 heteroatoms. The van der Waals surface area contributed by atoms with Crippen LogP contribution in [0.25, 0.3) is 10.2 Å². The molecule has 0 unspecified atom stereocenters. The van der Waals surface area contributed by atoms with Gasteiger partial charge < -0.3 is 19.1 Å². The first-order valence-corrected chi connectivity index (χ1v) is 10.4. The van der Waals surface area contributed by atoms with Crippen LogP contribution >= 0.6 is 11.3 Å². The van der Waals surface area contributed by atoms with E-state index in [-0.39, 0.29) is 6.03 Å². The third-order valence-electron chi connectivity index (χ3n) is 5.04. The number of anilines is 3. The number of ether oxygens (including phenoxy) is 3. The summed E-state index contributed by atoms with van der Waals surface area (Å²) in [6.07, 6.45) is 0. The summed E-state index contributed by atoms with van der Waals surface area (Å²) >= 11 is 1.44. The smallest absolute Gasteiger partial charge is 0.327 e. The van der Waals surface area contributed by atoms with Crippen LogP contribution in [0.1, 0.15) is 0 Å². The Morgan fingerprint density at radius 3 is 2.53 bits per heavy atom. The van der Waals surface area contributed by atoms with Crippen molar-refractivity contribution in [2.75, 3.05) is 62.7 Å². The van der Waals surface area contributed by atoms with Gasteiger partial charge in [0, 0.05) is 25.8 Å². The van der Waals surface area contributed by atoms with E-state index >= 15 is 0 Å². The van der Waals surface area contributed by atoms with E-state index in [9.17, 15) is 4.79 Å². The molecule has 1 aromatic heterocycles. The largest absolute Gasteiger partial charge is 0.497 e. The van der Waals surface area contributed by atoms with Crippen molar-refractivity contribution in [2.45, 2.75) is 0 Å². The molecule has 2 aromatic carbocycles. The molecule has 2 amide bonds. The molecule has 0 spiro atoms. The summed E-state index contributed by atoms with van der Waals surface area (Å²) in [5, 5.41) is 3.43. The molecule has 0 bridgehead atoms. The first-order chi connectivity index (χ1) is 14.6. The van der Waals surface area contributed by atoms with Crippen LogP contribution in [0.3, 0.4) is 0 Å². The fraction of sp³-hybridized carbons (Fsp3) is 0.333. The molecule has 30 heavy (non-hydrogen) atoms. The van der Waals surface area contributed by atoms with Crippen LogP contribution in [-0.2, 0) is 4.74 Å². The highest BCUT2D eigenvalue weighted by Gasteiger charge is 2.20. The van der Waals surface area contributed by atoms with E-state index < -0.39 is 0 Å². The average Bonchev–Trinajstić information content (AvgIpc) is 3.22. The molecule has 8 nitrogen and oxygen atoms in total. The summed E-state index contributed by atoms with van der Waals surface area (Å²) in [4.78, 5) is 21.2. The Morgan fingerprint density at radius 1 is 1.13 bits per heavy atom. The van der Waals surface area contributed by atoms with Gasteiger partial charge in [0.25, 0.3) is 0 Å². The number of methoxy groups -OCH3 is 2. The van der Waals surface area contributed by atoms with Gasteiger partial charge in [-0.25, -0.2) is 9.78 Å². The molecular formula is C21H24N4O4S. The molecule has 1 aliphatic rings. The summed E-state index contributed by atoms with van der Waals surface area (Å²) < 4.78 is 17.1. The lowest BCUT2D eigenvalue weighted by Crippen LogP contribution is -2.36. The fourth-order valence-corrected chi connectivity index (χ4v) is 4.35. The number of benzene rings is 2. The van der Waals surface area contributed by atoms with Crippen LogP contribution in [-0.4, -0.2) is 58.6 Å². The van der Waals surface area contributed by atoms with E-state index in [0.29, 0.717) is 24.1 Å². The highest BCUT2D eigenvalue weighted by Crippen LogP contribution is 2.39. The van der Waals surface area contributed by atoms with E-state index in [4.69, 9.17) is 14.2 Å². The number of amides is 2. The maximum absolute atomic E-state index is 12.8. The zero-order valence-electron chi connectivity index (χ0n) is 17.2. The van der Waals surface area contributed by atoms with Gasteiger partial charge in [0.05, 0.1) is 37.8 Å². The van der Waals surface area contributed by atoms with E-state index in [1.165, 1.54) is 16.2 Å². The van der Waals surface area contributed by atoms with Gasteiger partial charge >= 0.3 is 6.03 Å². The van der Waals surface area contributed by atoms with Gasteiger partial charge in [-0.05, 0) is 36.4 Å². The number of rotatable bonds is 5. The lowest BCUT2D eigenvalue weighted by molar-refractivity contribution is 0.123. The molecule has 0 radical (unpaired) electrons. The second-order valence-corrected chi connectivity index (χ2v) is 7.77. The van der Waals surface area contributed by atoms with Crippen LogP contribution in [0, 0.1) is 0 Å². The molecule has 1 saturated heterocycles. The number of aromatic nitrogens is 1. The Hall–Kier alpha value is -3.04. The van der Waals surface area contributed by atoms with Crippen molar-refractivity contribution in [1.29, 1.82) is 0 Å². The van der Waals surface area contributed by atoms with Gasteiger partial charge in [-0.3, -0.25) is 10.2 Å². The van der Waals surface area contributed by atoms with Crippen LogP contribution in [0.2, 0.25) is 0 Å². The third-order valence-corrected chi connectivity index (χ3v) is 6.03. The minimum Gasteiger partial charge on any atom is -0.497 e. The molecule has 0 saturated carbocycles. The Bertz CT molecular complexity index is 1030. The van der Waals surface area contributed by atoms with E-state index in [1.54, 1.807) is 21.3 Å². The van der Waals surface area contributed by atoms with Gasteiger partial charge in [-0.15, -0.1) is 0 Å². The number of urea groups is 1. The average molecular weight is 429 g/mol. The van der Waals surface area contributed by atoms with Crippen LogP contribution in [0.15, 0.2) is 36.4 Å². The third kappa shape index (κ3) is 3.99. The number of fused-ring (bicyclic) bond motifs is 1. The van der Waals surface area contributed by atoms with Crippen LogP contribution in [0.5, 0.6) is 11.5 Å². The molecule has 1 aliphatic heterocycles. The van der Waals surface area contributed by atoms with Crippen molar-refractivity contribution >= 4 is 44.1 Å². The number of morpholine rings is 1. The highest BCUT2D eigenvalue weighted by atomic mass is 32.1. The quantitative estimate of drug-likeness (QED) is 0.666. The van der Waals surface area contributed by atoms with Gasteiger partial charge in [-0.1, -0.05) is 11.3 Å². The maximum Gasteiger partial charge on any atom is 0.327 e. The van der Waals surface area contributed by atoms with Crippen molar-refractivity contribution in [3.8, 4) is 11.5 Å². The second-order valence-electron chi connectivity index (χ2n) is 6.77. The number of carbonyl (C=O) groups excluding carboxylic acids is 1. The predicted molar refractivity (Wildman–Crippen MR) is 120 cm³/mol. The standard InChI is InChI=1S/C21H24N4O4S/c1-24(14-4-6-15(27-2)7-5-14)21(26)23-20-22-18-17(28-3)9-8-16(19(18)30-20)25-10-12-29-13-11-25/h4-9H,10-13H2,1-3H3,(H,22,23,26). The highest BCUT2D eigenvalue weighted by molar-refractivity contribution is 7.23. The summed E-state index contributed by atoms with van der Waals surface area (Å²) in [5.74, 6) is 1.42. The van der Waals surface area contributed by atoms with Crippen LogP contribution < -0.4 is 24.6 Å². The number of nitrogens with zero attached hydrogens (tertiary/aromatic N) is 3. The molecule has 0 atom stereocenters. The molecule has 1 fully saturated rings. The summed E-state index contributed by atoms with van der Waals surface area (Å²) in [5.41, 5.74) is 2.57. The minimum atomic E-state index is -0.272. The Balaban J connectivity index is 1.59. The van der Waals surface area contributed by atoms with Gasteiger partial charge in [-0.2, -0.15) is 0 Å². The first kappa shape index (κ1) is 20.2. The molecule has 3 aromatic rings. The van der Waals surface area contributed by atoms with Crippen LogP contribution in [0.4, 0.5) is 21.3 Å². The molecular weight excluding hydrogens is 404 g/mol. The van der Waals surface area contributed by atoms with E-state index in [2.05, 4.69) is 15.2 Å². The van der Waals surface area contributed by atoms with Gasteiger partial charge in [0.1, 0.15) is 17.0 Å². The predicted octanol–water partition coefficient (Wildman–Crippen LogP) is 3.82. The Kier molecular flexibility index (Phi) is 5.91. The number of thiazole rings is 1. The van der Waals surface area contributed by atoms with E-state index in [1.807, 2.05) is 36.4 Å². The molecule has 2 heterocycles. The molecule has 4 rings (SSSR count). The van der Waals surface area contributed by atoms with Crippen molar-refractivity contribution < 1.29 is 19.0 Å². The van der Waals surface area contributed by atoms with Crippen molar-refractivity contribution in [3.05, 3.63) is 36.4 Å². The fourth-order valence-electron chi connectivity index (χ4n) is 3.34. The maximum atomic E-state index is 12.8. The lowest BCUT2D eigenvalue weighted by atomic mass is 10.2. The first-order valence-electron chi connectivity index (χ1n) is 9.59. The normalized spacial score (nSPS) is 13.9. The van der Waals surface area contributed by atoms with Gasteiger partial charge in [0.2, 0.25) is 0 Å². The summed E-state index contributed by atoms with van der Waals surface area (Å²) in [6.45, 7) is 3.04. The lowest BCUT2D eigenvalue weighted by Gasteiger charge is -2.29. The topological polar surface area (TPSA) is 76.2 Å². The number of hydrogen-bond acceptors (Lipinski definition) is 7. The summed E-state index contributed by atoms with van der Waals surface area (Å²) in [6, 6.07) is 11.0. The zero-order chi connectivity index (χ0) is 21.1. The number of nitrogens with one attached hydrogen (secondary N) is 1. The molecule has 158 valence electrons. The second kappa shape index (κ2) is 8.76. The van der Waals surface area contributed by atoms with Crippen molar-refractivity contribution in [2.24, 2.45) is 0 Å². The Labute approximate surface area is 179 Å². The molecule has 1 N–H and O–H groups in total. The summed E-state index contributed by atoms with van der Waals surface area (Å²) in [7, 11) is 4.94. The SMILES string of the molecule is COc1ccc(N(C)C(=O)Nc2nc3c(OC)ccc(N4CCOCC4)c3s2)cc1. The van der Waals surface area contributed by atoms with Gasteiger partial charge in [0.15, 0.2) is 5.13 Å². The van der Waals surface area contributed by atoms with Crippen molar-refractivity contribution in [3.63, 3.8) is 0 Å². The molecule has 0 aliphatic carbocycles. The monoisotopic (exact) mass is 428 g/mol. The van der Waals surface area contributed by atoms with Crippen molar-refractivity contribution in [1.82, 2.24) is 4.98 Å². The Morgan fingerprint density at radius 2 is 1.87 bits per heavy atom. The number of hydrogen-bond donors (Lipinski definition) is 1. The minimum absolute atomic E-state index is 0.272.